The van der Waals surface area contributed by atoms with Crippen molar-refractivity contribution in [1.29, 1.82) is 0 Å². The van der Waals surface area contributed by atoms with E-state index in [1.807, 2.05) is 6.20 Å². The third kappa shape index (κ3) is 1.91. The van der Waals surface area contributed by atoms with Gasteiger partial charge < -0.3 is 4.40 Å². The molecule has 0 N–H and O–H groups in total. The Morgan fingerprint density at radius 1 is 0.952 bits per heavy atom. The number of fused-ring (bicyclic) bond motifs is 2. The third-order valence-corrected chi connectivity index (χ3v) is 4.17. The molecule has 0 amide bonds. The van der Waals surface area contributed by atoms with Crippen molar-refractivity contribution in [2.45, 2.75) is 13.8 Å². The van der Waals surface area contributed by atoms with E-state index in [1.165, 1.54) is 33.0 Å². The average molecular weight is 272 g/mol. The molecule has 0 aliphatic carbocycles. The summed E-state index contributed by atoms with van der Waals surface area (Å²) in [4.78, 5) is 4.62. The van der Waals surface area contributed by atoms with Gasteiger partial charge in [0.05, 0.1) is 5.69 Å². The number of aromatic nitrogens is 2. The smallest absolute Gasteiger partial charge is 0.0711 e. The zero-order valence-corrected chi connectivity index (χ0v) is 12.2. The molecule has 0 aliphatic rings. The second-order valence-electron chi connectivity index (χ2n) is 5.58. The van der Waals surface area contributed by atoms with E-state index in [0.717, 1.165) is 5.69 Å². The van der Waals surface area contributed by atoms with E-state index in [1.54, 1.807) is 0 Å². The minimum Gasteiger partial charge on any atom is -0.323 e. The summed E-state index contributed by atoms with van der Waals surface area (Å²) in [5.41, 5.74) is 5.95. The van der Waals surface area contributed by atoms with Crippen molar-refractivity contribution >= 4 is 16.3 Å². The molecule has 21 heavy (non-hydrogen) atoms. The molecule has 0 radical (unpaired) electrons. The zero-order valence-electron chi connectivity index (χ0n) is 12.2. The molecule has 3 heterocycles. The van der Waals surface area contributed by atoms with Crippen LogP contribution in [0.1, 0.15) is 11.1 Å². The summed E-state index contributed by atoms with van der Waals surface area (Å²) in [5.74, 6) is 0. The predicted octanol–water partition coefficient (Wildman–Crippen LogP) is 4.77. The quantitative estimate of drug-likeness (QED) is 0.488. The molecule has 2 heteroatoms. The summed E-state index contributed by atoms with van der Waals surface area (Å²) in [6, 6.07) is 15.0. The summed E-state index contributed by atoms with van der Waals surface area (Å²) in [7, 11) is 0. The first kappa shape index (κ1) is 12.2. The van der Waals surface area contributed by atoms with Crippen LogP contribution in [0.3, 0.4) is 0 Å². The highest BCUT2D eigenvalue weighted by Gasteiger charge is 2.07. The van der Waals surface area contributed by atoms with Gasteiger partial charge >= 0.3 is 0 Å². The molecular formula is C19H16N2. The fraction of sp³-hybridized carbons (Fsp3) is 0.105. The molecule has 0 bridgehead atoms. The molecule has 0 saturated heterocycles. The van der Waals surface area contributed by atoms with Gasteiger partial charge in [-0.15, -0.1) is 0 Å². The zero-order chi connectivity index (χ0) is 14.4. The Morgan fingerprint density at radius 3 is 2.71 bits per heavy atom. The summed E-state index contributed by atoms with van der Waals surface area (Å²) in [6.45, 7) is 4.23. The SMILES string of the molecule is Cc1cnc(-c2cccc3cn4cccc4cc23)cc1C. The first-order valence-electron chi connectivity index (χ1n) is 7.15. The van der Waals surface area contributed by atoms with Crippen LogP contribution in [-0.2, 0) is 0 Å². The van der Waals surface area contributed by atoms with E-state index in [2.05, 4.69) is 78.1 Å². The van der Waals surface area contributed by atoms with Crippen LogP contribution in [0.5, 0.6) is 0 Å². The maximum Gasteiger partial charge on any atom is 0.0711 e. The second kappa shape index (κ2) is 4.45. The minimum atomic E-state index is 1.04. The van der Waals surface area contributed by atoms with Gasteiger partial charge in [-0.2, -0.15) is 0 Å². The van der Waals surface area contributed by atoms with Crippen molar-refractivity contribution in [2.24, 2.45) is 0 Å². The van der Waals surface area contributed by atoms with Crippen LogP contribution in [0.25, 0.3) is 27.5 Å². The fourth-order valence-electron chi connectivity index (χ4n) is 2.80. The number of rotatable bonds is 1. The van der Waals surface area contributed by atoms with Gasteiger partial charge in [-0.3, -0.25) is 4.98 Å². The van der Waals surface area contributed by atoms with Gasteiger partial charge in [0.15, 0.2) is 0 Å². The van der Waals surface area contributed by atoms with Crippen molar-refractivity contribution in [1.82, 2.24) is 9.38 Å². The molecule has 4 rings (SSSR count). The molecule has 2 nitrogen and oxygen atoms in total. The Hall–Kier alpha value is -2.61. The topological polar surface area (TPSA) is 17.3 Å². The molecular weight excluding hydrogens is 256 g/mol. The number of pyridine rings is 2. The van der Waals surface area contributed by atoms with E-state index < -0.39 is 0 Å². The molecule has 0 spiro atoms. The molecule has 1 aromatic carbocycles. The lowest BCUT2D eigenvalue weighted by atomic mass is 10.0. The maximum absolute atomic E-state index is 4.62. The molecule has 4 aromatic rings. The number of hydrogen-bond acceptors (Lipinski definition) is 1. The van der Waals surface area contributed by atoms with E-state index in [0.29, 0.717) is 0 Å². The van der Waals surface area contributed by atoms with Gasteiger partial charge in [0.25, 0.3) is 0 Å². The lowest BCUT2D eigenvalue weighted by molar-refractivity contribution is 1.21. The predicted molar refractivity (Wildman–Crippen MR) is 87.6 cm³/mol. The summed E-state index contributed by atoms with van der Waals surface area (Å²) in [5, 5.41) is 2.48. The average Bonchev–Trinajstić information content (AvgIpc) is 2.94. The Balaban J connectivity index is 2.04. The van der Waals surface area contributed by atoms with Crippen LogP contribution in [0, 0.1) is 13.8 Å². The highest BCUT2D eigenvalue weighted by molar-refractivity contribution is 5.97. The maximum atomic E-state index is 4.62. The highest BCUT2D eigenvalue weighted by atomic mass is 14.8. The van der Waals surface area contributed by atoms with Gasteiger partial charge in [-0.25, -0.2) is 0 Å². The van der Waals surface area contributed by atoms with Gasteiger partial charge in [-0.1, -0.05) is 18.2 Å². The normalized spacial score (nSPS) is 11.3. The first-order valence-corrected chi connectivity index (χ1v) is 7.15. The Labute approximate surface area is 123 Å². The summed E-state index contributed by atoms with van der Waals surface area (Å²) >= 11 is 0. The van der Waals surface area contributed by atoms with Crippen LogP contribution in [0.4, 0.5) is 0 Å². The van der Waals surface area contributed by atoms with E-state index in [4.69, 9.17) is 0 Å². The van der Waals surface area contributed by atoms with Gasteiger partial charge in [0.1, 0.15) is 0 Å². The Bertz CT molecular complexity index is 964. The van der Waals surface area contributed by atoms with Crippen molar-refractivity contribution in [3.8, 4) is 11.3 Å². The van der Waals surface area contributed by atoms with E-state index in [9.17, 15) is 0 Å². The number of benzene rings is 1. The first-order chi connectivity index (χ1) is 10.2. The van der Waals surface area contributed by atoms with Crippen LogP contribution in [0.15, 0.2) is 61.1 Å². The van der Waals surface area contributed by atoms with E-state index in [-0.39, 0.29) is 0 Å². The van der Waals surface area contributed by atoms with Crippen molar-refractivity contribution in [3.63, 3.8) is 0 Å². The molecule has 0 atom stereocenters. The summed E-state index contributed by atoms with van der Waals surface area (Å²) in [6.07, 6.45) is 6.21. The number of aryl methyl sites for hydroxylation is 2. The highest BCUT2D eigenvalue weighted by Crippen LogP contribution is 2.29. The van der Waals surface area contributed by atoms with Crippen molar-refractivity contribution < 1.29 is 0 Å². The van der Waals surface area contributed by atoms with Gasteiger partial charge in [0, 0.05) is 29.7 Å². The van der Waals surface area contributed by atoms with Gasteiger partial charge in [0.2, 0.25) is 0 Å². The number of nitrogens with zero attached hydrogens (tertiary/aromatic N) is 2. The summed E-state index contributed by atoms with van der Waals surface area (Å²) < 4.78 is 2.15. The number of hydrogen-bond donors (Lipinski definition) is 0. The Kier molecular flexibility index (Phi) is 2.58. The largest absolute Gasteiger partial charge is 0.323 e. The lowest BCUT2D eigenvalue weighted by Crippen LogP contribution is -1.90. The van der Waals surface area contributed by atoms with E-state index >= 15 is 0 Å². The van der Waals surface area contributed by atoms with Crippen molar-refractivity contribution in [2.75, 3.05) is 0 Å². The standard InChI is InChI=1S/C19H16N2/c1-13-9-19(20-11-14(13)2)17-7-3-5-15-12-21-8-4-6-16(21)10-18(15)17/h3-12H,1-2H3. The molecule has 102 valence electrons. The van der Waals surface area contributed by atoms with Crippen LogP contribution in [-0.4, -0.2) is 9.38 Å². The van der Waals surface area contributed by atoms with Crippen LogP contribution < -0.4 is 0 Å². The lowest BCUT2D eigenvalue weighted by Gasteiger charge is -2.09. The molecule has 0 unspecified atom stereocenters. The van der Waals surface area contributed by atoms with Crippen LogP contribution in [0.2, 0.25) is 0 Å². The molecule has 0 saturated carbocycles. The molecule has 0 fully saturated rings. The fourth-order valence-corrected chi connectivity index (χ4v) is 2.80. The molecule has 0 aliphatic heterocycles. The monoisotopic (exact) mass is 272 g/mol. The van der Waals surface area contributed by atoms with Crippen molar-refractivity contribution in [3.05, 3.63) is 72.2 Å². The van der Waals surface area contributed by atoms with Gasteiger partial charge in [-0.05, 0) is 60.0 Å². The third-order valence-electron chi connectivity index (χ3n) is 4.17. The minimum absolute atomic E-state index is 1.04. The molecule has 3 aromatic heterocycles. The van der Waals surface area contributed by atoms with Crippen LogP contribution >= 0.6 is 0 Å². The Morgan fingerprint density at radius 2 is 1.86 bits per heavy atom. The second-order valence-corrected chi connectivity index (χ2v) is 5.58.